The predicted molar refractivity (Wildman–Crippen MR) is 78.3 cm³/mol. The van der Waals surface area contributed by atoms with Gasteiger partial charge in [-0.05, 0) is 49.9 Å². The molecule has 1 aromatic rings. The van der Waals surface area contributed by atoms with E-state index >= 15 is 0 Å². The number of piperidine rings is 1. The predicted octanol–water partition coefficient (Wildman–Crippen LogP) is 2.06. The van der Waals surface area contributed by atoms with Gasteiger partial charge in [-0.15, -0.1) is 0 Å². The number of aryl methyl sites for hydroxylation is 2. The molecule has 1 unspecified atom stereocenters. The lowest BCUT2D eigenvalue weighted by Gasteiger charge is -2.31. The molecule has 1 aliphatic heterocycles. The number of benzene rings is 1. The van der Waals surface area contributed by atoms with E-state index in [0.29, 0.717) is 12.5 Å². The molecule has 1 heterocycles. The van der Waals surface area contributed by atoms with Crippen LogP contribution in [0, 0.1) is 13.8 Å². The summed E-state index contributed by atoms with van der Waals surface area (Å²) in [5.41, 5.74) is 3.65. The Labute approximate surface area is 116 Å². The van der Waals surface area contributed by atoms with Crippen molar-refractivity contribution in [2.75, 3.05) is 20.1 Å². The zero-order chi connectivity index (χ0) is 13.8. The minimum Gasteiger partial charge on any atom is -0.341 e. The molecule has 2 rings (SSSR count). The van der Waals surface area contributed by atoms with Crippen LogP contribution in [-0.4, -0.2) is 37.0 Å². The molecule has 3 nitrogen and oxygen atoms in total. The quantitative estimate of drug-likeness (QED) is 0.902. The van der Waals surface area contributed by atoms with Crippen molar-refractivity contribution in [3.63, 3.8) is 0 Å². The summed E-state index contributed by atoms with van der Waals surface area (Å²) in [6.07, 6.45) is 2.78. The van der Waals surface area contributed by atoms with Crippen LogP contribution in [-0.2, 0) is 11.2 Å². The van der Waals surface area contributed by atoms with Crippen LogP contribution in [0.5, 0.6) is 0 Å². The van der Waals surface area contributed by atoms with Crippen molar-refractivity contribution < 1.29 is 4.79 Å². The molecular formula is C16H24N2O. The van der Waals surface area contributed by atoms with Crippen LogP contribution in [0.1, 0.15) is 29.5 Å². The first kappa shape index (κ1) is 14.1. The lowest BCUT2D eigenvalue weighted by atomic mass is 10.0. The van der Waals surface area contributed by atoms with Crippen molar-refractivity contribution in [2.45, 2.75) is 39.2 Å². The zero-order valence-electron chi connectivity index (χ0n) is 12.2. The van der Waals surface area contributed by atoms with E-state index in [0.717, 1.165) is 31.5 Å². The number of nitrogens with one attached hydrogen (secondary N) is 1. The van der Waals surface area contributed by atoms with Crippen molar-refractivity contribution in [1.82, 2.24) is 10.2 Å². The summed E-state index contributed by atoms with van der Waals surface area (Å²) in [6, 6.07) is 6.64. The Hall–Kier alpha value is -1.35. The fraction of sp³-hybridized carbons (Fsp3) is 0.562. The third-order valence-corrected chi connectivity index (χ3v) is 4.14. The Morgan fingerprint density at radius 3 is 2.79 bits per heavy atom. The summed E-state index contributed by atoms with van der Waals surface area (Å²) in [5.74, 6) is 0.219. The lowest BCUT2D eigenvalue weighted by molar-refractivity contribution is -0.131. The molecule has 1 atom stereocenters. The van der Waals surface area contributed by atoms with Crippen molar-refractivity contribution in [3.05, 3.63) is 34.9 Å². The van der Waals surface area contributed by atoms with Gasteiger partial charge in [0.15, 0.2) is 0 Å². The Morgan fingerprint density at radius 2 is 2.16 bits per heavy atom. The SMILES string of the molecule is Cc1ccc(CC(=O)N(C)C2CCCNC2)cc1C. The first-order chi connectivity index (χ1) is 9.08. The summed E-state index contributed by atoms with van der Waals surface area (Å²) in [7, 11) is 1.93. The molecule has 0 saturated carbocycles. The summed E-state index contributed by atoms with van der Waals surface area (Å²) in [5, 5.41) is 3.36. The molecule has 0 aliphatic carbocycles. The highest BCUT2D eigenvalue weighted by molar-refractivity contribution is 5.79. The number of rotatable bonds is 3. The maximum atomic E-state index is 12.3. The molecule has 104 valence electrons. The Balaban J connectivity index is 1.97. The second kappa shape index (κ2) is 6.20. The topological polar surface area (TPSA) is 32.3 Å². The number of hydrogen-bond donors (Lipinski definition) is 1. The summed E-state index contributed by atoms with van der Waals surface area (Å²) < 4.78 is 0. The Morgan fingerprint density at radius 1 is 1.37 bits per heavy atom. The van der Waals surface area contributed by atoms with Crippen molar-refractivity contribution in [2.24, 2.45) is 0 Å². The highest BCUT2D eigenvalue weighted by atomic mass is 16.2. The van der Waals surface area contributed by atoms with E-state index in [1.165, 1.54) is 11.1 Å². The smallest absolute Gasteiger partial charge is 0.227 e. The van der Waals surface area contributed by atoms with Crippen LogP contribution in [0.15, 0.2) is 18.2 Å². The standard InChI is InChI=1S/C16H24N2O/c1-12-6-7-14(9-13(12)2)10-16(19)18(3)15-5-4-8-17-11-15/h6-7,9,15,17H,4-5,8,10-11H2,1-3H3. The van der Waals surface area contributed by atoms with Crippen LogP contribution in [0.3, 0.4) is 0 Å². The third kappa shape index (κ3) is 3.57. The van der Waals surface area contributed by atoms with E-state index in [4.69, 9.17) is 0 Å². The van der Waals surface area contributed by atoms with Gasteiger partial charge < -0.3 is 10.2 Å². The van der Waals surface area contributed by atoms with Gasteiger partial charge in [0.1, 0.15) is 0 Å². The Bertz CT molecular complexity index is 450. The molecule has 1 N–H and O–H groups in total. The average Bonchev–Trinajstić information content (AvgIpc) is 2.43. The average molecular weight is 260 g/mol. The van der Waals surface area contributed by atoms with Gasteiger partial charge >= 0.3 is 0 Å². The zero-order valence-corrected chi connectivity index (χ0v) is 12.2. The van der Waals surface area contributed by atoms with Gasteiger partial charge in [0.05, 0.1) is 6.42 Å². The minimum atomic E-state index is 0.219. The fourth-order valence-electron chi connectivity index (χ4n) is 2.58. The van der Waals surface area contributed by atoms with Crippen LogP contribution >= 0.6 is 0 Å². The van der Waals surface area contributed by atoms with Crippen LogP contribution in [0.25, 0.3) is 0 Å². The van der Waals surface area contributed by atoms with Crippen molar-refractivity contribution in [1.29, 1.82) is 0 Å². The van der Waals surface area contributed by atoms with Gasteiger partial charge in [0.25, 0.3) is 0 Å². The third-order valence-electron chi connectivity index (χ3n) is 4.14. The summed E-state index contributed by atoms with van der Waals surface area (Å²) >= 11 is 0. The monoisotopic (exact) mass is 260 g/mol. The van der Waals surface area contributed by atoms with Gasteiger partial charge in [-0.25, -0.2) is 0 Å². The normalized spacial score (nSPS) is 19.2. The van der Waals surface area contributed by atoms with Gasteiger partial charge in [-0.2, -0.15) is 0 Å². The number of carbonyl (C=O) groups excluding carboxylic acids is 1. The molecule has 1 fully saturated rings. The number of nitrogens with zero attached hydrogens (tertiary/aromatic N) is 1. The molecule has 0 spiro atoms. The summed E-state index contributed by atoms with van der Waals surface area (Å²) in [6.45, 7) is 6.20. The second-order valence-electron chi connectivity index (χ2n) is 5.60. The van der Waals surface area contributed by atoms with Crippen LogP contribution < -0.4 is 5.32 Å². The minimum absolute atomic E-state index is 0.219. The molecule has 1 amide bonds. The maximum Gasteiger partial charge on any atom is 0.227 e. The van der Waals surface area contributed by atoms with Gasteiger partial charge in [-0.1, -0.05) is 18.2 Å². The van der Waals surface area contributed by atoms with Crippen molar-refractivity contribution in [3.8, 4) is 0 Å². The molecule has 19 heavy (non-hydrogen) atoms. The van der Waals surface area contributed by atoms with Crippen LogP contribution in [0.2, 0.25) is 0 Å². The van der Waals surface area contributed by atoms with E-state index in [1.807, 2.05) is 11.9 Å². The molecule has 0 bridgehead atoms. The van der Waals surface area contributed by atoms with E-state index in [1.54, 1.807) is 0 Å². The summed E-state index contributed by atoms with van der Waals surface area (Å²) in [4.78, 5) is 14.2. The number of carbonyl (C=O) groups is 1. The second-order valence-corrected chi connectivity index (χ2v) is 5.60. The van der Waals surface area contributed by atoms with Crippen LogP contribution in [0.4, 0.5) is 0 Å². The van der Waals surface area contributed by atoms with Gasteiger partial charge in [0.2, 0.25) is 5.91 Å². The molecule has 1 aliphatic rings. The molecule has 3 heteroatoms. The van der Waals surface area contributed by atoms with E-state index < -0.39 is 0 Å². The fourth-order valence-corrected chi connectivity index (χ4v) is 2.58. The molecule has 1 aromatic carbocycles. The van der Waals surface area contributed by atoms with Gasteiger partial charge in [-0.3, -0.25) is 4.79 Å². The molecular weight excluding hydrogens is 236 g/mol. The van der Waals surface area contributed by atoms with E-state index in [9.17, 15) is 4.79 Å². The highest BCUT2D eigenvalue weighted by Crippen LogP contribution is 2.13. The Kier molecular flexibility index (Phi) is 4.59. The molecule has 0 radical (unpaired) electrons. The first-order valence-corrected chi connectivity index (χ1v) is 7.10. The maximum absolute atomic E-state index is 12.3. The molecule has 0 aromatic heterocycles. The molecule has 1 saturated heterocycles. The largest absolute Gasteiger partial charge is 0.341 e. The van der Waals surface area contributed by atoms with E-state index in [2.05, 4.69) is 37.4 Å². The number of hydrogen-bond acceptors (Lipinski definition) is 2. The van der Waals surface area contributed by atoms with Gasteiger partial charge in [0, 0.05) is 19.6 Å². The number of amides is 1. The first-order valence-electron chi connectivity index (χ1n) is 7.10. The number of likely N-dealkylation sites (N-methyl/N-ethyl adjacent to an activating group) is 1. The van der Waals surface area contributed by atoms with E-state index in [-0.39, 0.29) is 5.91 Å². The lowest BCUT2D eigenvalue weighted by Crippen LogP contribution is -2.47. The highest BCUT2D eigenvalue weighted by Gasteiger charge is 2.21. The van der Waals surface area contributed by atoms with Crippen molar-refractivity contribution >= 4 is 5.91 Å².